The van der Waals surface area contributed by atoms with Crippen molar-refractivity contribution in [2.75, 3.05) is 7.11 Å². The van der Waals surface area contributed by atoms with Crippen molar-refractivity contribution in [3.8, 4) is 5.75 Å². The first-order chi connectivity index (χ1) is 11.7. The van der Waals surface area contributed by atoms with Gasteiger partial charge in [-0.2, -0.15) is 5.10 Å². The van der Waals surface area contributed by atoms with Crippen LogP contribution >= 0.6 is 0 Å². The molecule has 6 heteroatoms. The van der Waals surface area contributed by atoms with Crippen LogP contribution in [0.25, 0.3) is 11.0 Å². The van der Waals surface area contributed by atoms with E-state index < -0.39 is 0 Å². The maximum Gasteiger partial charge on any atom is 0.271 e. The first kappa shape index (κ1) is 15.5. The highest BCUT2D eigenvalue weighted by Gasteiger charge is 2.07. The first-order valence-electron chi connectivity index (χ1n) is 7.17. The van der Waals surface area contributed by atoms with Gasteiger partial charge in [0, 0.05) is 11.6 Å². The van der Waals surface area contributed by atoms with Gasteiger partial charge in [0.1, 0.15) is 17.6 Å². The minimum atomic E-state index is -0.359. The molecule has 0 radical (unpaired) electrons. The number of amides is 1. The van der Waals surface area contributed by atoms with Crippen molar-refractivity contribution in [3.63, 3.8) is 0 Å². The fraction of sp³-hybridized carbons (Fsp3) is 0.0556. The van der Waals surface area contributed by atoms with E-state index >= 15 is 0 Å². The molecule has 0 fully saturated rings. The summed E-state index contributed by atoms with van der Waals surface area (Å²) in [7, 11) is 1.54. The van der Waals surface area contributed by atoms with E-state index in [1.807, 2.05) is 6.07 Å². The molecule has 0 aliphatic carbocycles. The van der Waals surface area contributed by atoms with Crippen LogP contribution in [0, 0.1) is 0 Å². The quantitative estimate of drug-likeness (QED) is 0.591. The van der Waals surface area contributed by atoms with Gasteiger partial charge in [-0.25, -0.2) is 5.43 Å². The Morgan fingerprint density at radius 3 is 2.75 bits per heavy atom. The van der Waals surface area contributed by atoms with Gasteiger partial charge < -0.3 is 9.15 Å². The summed E-state index contributed by atoms with van der Waals surface area (Å²) in [6, 6.07) is 13.6. The van der Waals surface area contributed by atoms with Crippen molar-refractivity contribution in [1.82, 2.24) is 5.43 Å². The Balaban J connectivity index is 1.81. The lowest BCUT2D eigenvalue weighted by Gasteiger charge is -2.02. The molecule has 120 valence electrons. The number of benzene rings is 2. The molecule has 0 aliphatic heterocycles. The zero-order valence-corrected chi connectivity index (χ0v) is 12.9. The van der Waals surface area contributed by atoms with Gasteiger partial charge in [-0.1, -0.05) is 18.2 Å². The molecule has 0 atom stereocenters. The molecule has 0 aliphatic rings. The van der Waals surface area contributed by atoms with Gasteiger partial charge in [0.2, 0.25) is 5.43 Å². The highest BCUT2D eigenvalue weighted by molar-refractivity contribution is 5.95. The summed E-state index contributed by atoms with van der Waals surface area (Å²) >= 11 is 0. The molecule has 1 amide bonds. The smallest absolute Gasteiger partial charge is 0.271 e. The van der Waals surface area contributed by atoms with E-state index in [1.165, 1.54) is 19.6 Å². The molecule has 0 saturated carbocycles. The van der Waals surface area contributed by atoms with Crippen molar-refractivity contribution < 1.29 is 13.9 Å². The normalized spacial score (nSPS) is 10.9. The van der Waals surface area contributed by atoms with Gasteiger partial charge >= 0.3 is 0 Å². The first-order valence-corrected chi connectivity index (χ1v) is 7.17. The van der Waals surface area contributed by atoms with Crippen molar-refractivity contribution in [2.45, 2.75) is 0 Å². The summed E-state index contributed by atoms with van der Waals surface area (Å²) in [5.41, 5.74) is 3.27. The molecule has 24 heavy (non-hydrogen) atoms. The average Bonchev–Trinajstić information content (AvgIpc) is 2.64. The standard InChI is InChI=1S/C18H14N2O4/c1-23-14-7-8-15-16(9-14)24-11-13(17(15)21)10-19-20-18(22)12-5-3-2-4-6-12/h2-11H,1H3,(H,20,22)/b19-10+. The fourth-order valence-electron chi connectivity index (χ4n) is 2.15. The number of hydrogen-bond acceptors (Lipinski definition) is 5. The largest absolute Gasteiger partial charge is 0.497 e. The predicted octanol–water partition coefficient (Wildman–Crippen LogP) is 2.57. The van der Waals surface area contributed by atoms with E-state index in [9.17, 15) is 9.59 Å². The van der Waals surface area contributed by atoms with Crippen LogP contribution in [0.4, 0.5) is 0 Å². The van der Waals surface area contributed by atoms with Gasteiger partial charge in [0.05, 0.1) is 24.3 Å². The van der Waals surface area contributed by atoms with E-state index in [-0.39, 0.29) is 16.9 Å². The number of ether oxygens (including phenoxy) is 1. The summed E-state index contributed by atoms with van der Waals surface area (Å²) in [5.74, 6) is 0.240. The molecule has 3 aromatic rings. The van der Waals surface area contributed by atoms with Crippen LogP contribution in [-0.4, -0.2) is 19.2 Å². The van der Waals surface area contributed by atoms with Crippen LogP contribution in [-0.2, 0) is 0 Å². The maximum absolute atomic E-state index is 12.4. The molecule has 6 nitrogen and oxygen atoms in total. The third-order valence-corrected chi connectivity index (χ3v) is 3.41. The van der Waals surface area contributed by atoms with Crippen LogP contribution in [0.2, 0.25) is 0 Å². The monoisotopic (exact) mass is 322 g/mol. The molecule has 2 aromatic carbocycles. The second-order valence-corrected chi connectivity index (χ2v) is 4.95. The summed E-state index contributed by atoms with van der Waals surface area (Å²) in [5, 5.41) is 4.22. The number of nitrogens with zero attached hydrogens (tertiary/aromatic N) is 1. The van der Waals surface area contributed by atoms with Gasteiger partial charge in [-0.15, -0.1) is 0 Å². The maximum atomic E-state index is 12.4. The molecular weight excluding hydrogens is 308 g/mol. The molecule has 1 aromatic heterocycles. The Morgan fingerprint density at radius 2 is 2.00 bits per heavy atom. The Labute approximate surface area is 137 Å². The van der Waals surface area contributed by atoms with Crippen LogP contribution in [0.1, 0.15) is 15.9 Å². The van der Waals surface area contributed by atoms with Crippen LogP contribution in [0.5, 0.6) is 5.75 Å². The summed E-state index contributed by atoms with van der Waals surface area (Å²) in [6.45, 7) is 0. The zero-order chi connectivity index (χ0) is 16.9. The Kier molecular flexibility index (Phi) is 4.38. The summed E-state index contributed by atoms with van der Waals surface area (Å²) in [6.07, 6.45) is 2.55. The second kappa shape index (κ2) is 6.78. The molecule has 0 saturated heterocycles. The van der Waals surface area contributed by atoms with Crippen LogP contribution in [0.15, 0.2) is 69.1 Å². The Hall–Kier alpha value is -3.41. The minimum Gasteiger partial charge on any atom is -0.497 e. The molecule has 1 N–H and O–H groups in total. The number of nitrogens with one attached hydrogen (secondary N) is 1. The van der Waals surface area contributed by atoms with Gasteiger partial charge in [0.25, 0.3) is 5.91 Å². The summed E-state index contributed by atoms with van der Waals surface area (Å²) < 4.78 is 10.5. The molecular formula is C18H14N2O4. The van der Waals surface area contributed by atoms with E-state index in [4.69, 9.17) is 9.15 Å². The zero-order valence-electron chi connectivity index (χ0n) is 12.9. The second-order valence-electron chi connectivity index (χ2n) is 4.95. The number of rotatable bonds is 4. The van der Waals surface area contributed by atoms with Crippen molar-refractivity contribution >= 4 is 23.1 Å². The van der Waals surface area contributed by atoms with E-state index in [1.54, 1.807) is 42.5 Å². The third-order valence-electron chi connectivity index (χ3n) is 3.41. The average molecular weight is 322 g/mol. The van der Waals surface area contributed by atoms with Crippen molar-refractivity contribution in [2.24, 2.45) is 5.10 Å². The van der Waals surface area contributed by atoms with Crippen molar-refractivity contribution in [3.05, 3.63) is 76.1 Å². The third kappa shape index (κ3) is 3.17. The Bertz CT molecular complexity index is 962. The number of hydrazone groups is 1. The van der Waals surface area contributed by atoms with E-state index in [0.29, 0.717) is 22.3 Å². The fourth-order valence-corrected chi connectivity index (χ4v) is 2.15. The Morgan fingerprint density at radius 1 is 1.21 bits per heavy atom. The minimum absolute atomic E-state index is 0.237. The molecule has 0 unspecified atom stereocenters. The van der Waals surface area contributed by atoms with E-state index in [0.717, 1.165) is 0 Å². The highest BCUT2D eigenvalue weighted by atomic mass is 16.5. The van der Waals surface area contributed by atoms with Gasteiger partial charge in [-0.3, -0.25) is 9.59 Å². The van der Waals surface area contributed by atoms with E-state index in [2.05, 4.69) is 10.5 Å². The number of carbonyl (C=O) groups excluding carboxylic acids is 1. The lowest BCUT2D eigenvalue weighted by Crippen LogP contribution is -2.18. The predicted molar refractivity (Wildman–Crippen MR) is 90.5 cm³/mol. The number of carbonyl (C=O) groups is 1. The van der Waals surface area contributed by atoms with Crippen molar-refractivity contribution in [1.29, 1.82) is 0 Å². The number of fused-ring (bicyclic) bond motifs is 1. The SMILES string of the molecule is COc1ccc2c(=O)c(/C=N/NC(=O)c3ccccc3)coc2c1. The lowest BCUT2D eigenvalue weighted by atomic mass is 10.2. The van der Waals surface area contributed by atoms with Crippen LogP contribution < -0.4 is 15.6 Å². The summed E-state index contributed by atoms with van der Waals surface area (Å²) in [4.78, 5) is 24.2. The lowest BCUT2D eigenvalue weighted by molar-refractivity contribution is 0.0955. The topological polar surface area (TPSA) is 80.9 Å². The molecule has 1 heterocycles. The van der Waals surface area contributed by atoms with Gasteiger partial charge in [0.15, 0.2) is 0 Å². The van der Waals surface area contributed by atoms with Gasteiger partial charge in [-0.05, 0) is 24.3 Å². The molecule has 0 bridgehead atoms. The number of methoxy groups -OCH3 is 1. The molecule has 0 spiro atoms. The number of hydrogen-bond donors (Lipinski definition) is 1. The highest BCUT2D eigenvalue weighted by Crippen LogP contribution is 2.18. The van der Waals surface area contributed by atoms with Crippen LogP contribution in [0.3, 0.4) is 0 Å². The molecule has 3 rings (SSSR count).